The van der Waals surface area contributed by atoms with E-state index in [1.165, 1.54) is 12.1 Å². The summed E-state index contributed by atoms with van der Waals surface area (Å²) in [5.41, 5.74) is 2.29. The average Bonchev–Trinajstić information content (AvgIpc) is 3.57. The van der Waals surface area contributed by atoms with Gasteiger partial charge >= 0.3 is 0 Å². The molecule has 0 amide bonds. The van der Waals surface area contributed by atoms with E-state index in [0.717, 1.165) is 42.4 Å². The van der Waals surface area contributed by atoms with Crippen molar-refractivity contribution in [3.8, 4) is 0 Å². The van der Waals surface area contributed by atoms with Crippen LogP contribution in [-0.4, -0.2) is 75.4 Å². The van der Waals surface area contributed by atoms with Gasteiger partial charge in [-0.05, 0) is 84.0 Å². The normalized spacial score (nSPS) is 28.6. The second kappa shape index (κ2) is 9.11. The third-order valence-corrected chi connectivity index (χ3v) is 9.68. The third-order valence-electron chi connectivity index (χ3n) is 9.68. The van der Waals surface area contributed by atoms with Gasteiger partial charge in [-0.15, -0.1) is 0 Å². The number of pyridine rings is 1. The van der Waals surface area contributed by atoms with E-state index in [0.29, 0.717) is 30.3 Å². The smallest absolute Gasteiger partial charge is 0.229 e. The van der Waals surface area contributed by atoms with Gasteiger partial charge in [-0.1, -0.05) is 13.0 Å². The van der Waals surface area contributed by atoms with Crippen molar-refractivity contribution in [1.82, 2.24) is 19.9 Å². The molecule has 2 N–H and O–H groups in total. The number of anilines is 5. The highest BCUT2D eigenvalue weighted by atomic mass is 16.5. The number of hydrogen-bond acceptors (Lipinski definition) is 9. The number of aromatic nitrogens is 3. The Morgan fingerprint density at radius 3 is 2.49 bits per heavy atom. The monoisotopic (exact) mass is 555 g/mol. The number of piperazine rings is 1. The standard InChI is InChI=1S/C32H41N7O2/c1-30(2)15-26-32(5,19-41-30)24-16-33-29(36-28(24)39(26)27-9-7-8-25(35-27)31(3,4)40)34-20-10-12-21(13-11-20)38-18-22-14-23(38)17-37(22)6/h7-13,16,22-23,26,40H,14-15,17-19H2,1-6H3,(H,33,34,36)/t22-,23-,26-,32-/m0/s1. The number of nitrogens with one attached hydrogen (secondary N) is 1. The zero-order chi connectivity index (χ0) is 28.7. The number of rotatable bonds is 5. The van der Waals surface area contributed by atoms with Crippen molar-refractivity contribution >= 4 is 29.0 Å². The lowest BCUT2D eigenvalue weighted by atomic mass is 9.73. The van der Waals surface area contributed by atoms with Gasteiger partial charge in [0, 0.05) is 53.7 Å². The predicted octanol–water partition coefficient (Wildman–Crippen LogP) is 4.71. The molecule has 41 heavy (non-hydrogen) atoms. The molecule has 9 heteroatoms. The molecule has 4 atom stereocenters. The van der Waals surface area contributed by atoms with E-state index in [4.69, 9.17) is 19.7 Å². The van der Waals surface area contributed by atoms with Crippen LogP contribution >= 0.6 is 0 Å². The summed E-state index contributed by atoms with van der Waals surface area (Å²) < 4.78 is 6.34. The third kappa shape index (κ3) is 4.45. The van der Waals surface area contributed by atoms with Crippen LogP contribution in [0.5, 0.6) is 0 Å². The Kier molecular flexibility index (Phi) is 5.92. The summed E-state index contributed by atoms with van der Waals surface area (Å²) in [4.78, 5) is 22.0. The highest BCUT2D eigenvalue weighted by Gasteiger charge is 2.55. The number of likely N-dealkylation sites (tertiary alicyclic amines) is 1. The largest absolute Gasteiger partial charge is 0.384 e. The van der Waals surface area contributed by atoms with Gasteiger partial charge in [0.15, 0.2) is 0 Å². The van der Waals surface area contributed by atoms with Crippen LogP contribution in [0.25, 0.3) is 0 Å². The van der Waals surface area contributed by atoms with Gasteiger partial charge in [0.1, 0.15) is 17.2 Å². The van der Waals surface area contributed by atoms with Crippen molar-refractivity contribution in [3.63, 3.8) is 0 Å². The zero-order valence-corrected chi connectivity index (χ0v) is 24.9. The number of aliphatic hydroxyl groups is 1. The van der Waals surface area contributed by atoms with Crippen LogP contribution in [0, 0.1) is 0 Å². The number of ether oxygens (including phenoxy) is 1. The fraction of sp³-hybridized carbons (Fsp3) is 0.531. The summed E-state index contributed by atoms with van der Waals surface area (Å²) >= 11 is 0. The van der Waals surface area contributed by atoms with E-state index >= 15 is 0 Å². The molecule has 216 valence electrons. The van der Waals surface area contributed by atoms with E-state index in [9.17, 15) is 5.11 Å². The van der Waals surface area contributed by atoms with E-state index in [1.54, 1.807) is 13.8 Å². The van der Waals surface area contributed by atoms with Gasteiger partial charge in [-0.2, -0.15) is 4.98 Å². The van der Waals surface area contributed by atoms with Crippen LogP contribution < -0.4 is 15.1 Å². The first kappa shape index (κ1) is 26.6. The van der Waals surface area contributed by atoms with Gasteiger partial charge < -0.3 is 25.0 Å². The highest BCUT2D eigenvalue weighted by Crippen LogP contribution is 2.53. The van der Waals surface area contributed by atoms with Crippen LogP contribution in [-0.2, 0) is 15.8 Å². The van der Waals surface area contributed by atoms with Crippen molar-refractivity contribution in [3.05, 3.63) is 59.9 Å². The van der Waals surface area contributed by atoms with Crippen LogP contribution in [0.1, 0.15) is 58.7 Å². The molecule has 2 aromatic heterocycles. The van der Waals surface area contributed by atoms with Gasteiger partial charge in [0.25, 0.3) is 0 Å². The Labute approximate surface area is 242 Å². The lowest BCUT2D eigenvalue weighted by Crippen LogP contribution is -2.54. The van der Waals surface area contributed by atoms with Crippen molar-refractivity contribution in [2.45, 2.75) is 82.2 Å². The lowest BCUT2D eigenvalue weighted by Gasteiger charge is -2.46. The fourth-order valence-corrected chi connectivity index (χ4v) is 7.21. The van der Waals surface area contributed by atoms with Gasteiger partial charge in [-0.25, -0.2) is 9.97 Å². The molecule has 3 aromatic rings. The molecule has 0 aliphatic carbocycles. The zero-order valence-electron chi connectivity index (χ0n) is 24.9. The minimum absolute atomic E-state index is 0.0875. The minimum Gasteiger partial charge on any atom is -0.384 e. The van der Waals surface area contributed by atoms with E-state index in [1.807, 2.05) is 24.4 Å². The summed E-state index contributed by atoms with van der Waals surface area (Å²) in [5, 5.41) is 14.2. The Hall–Kier alpha value is -3.27. The summed E-state index contributed by atoms with van der Waals surface area (Å²) in [6.07, 6.45) is 4.02. The summed E-state index contributed by atoms with van der Waals surface area (Å²) in [7, 11) is 2.23. The molecule has 4 aliphatic heterocycles. The number of likely N-dealkylation sites (N-methyl/N-ethyl adjacent to an activating group) is 1. The summed E-state index contributed by atoms with van der Waals surface area (Å²) in [6.45, 7) is 12.9. The first-order valence-electron chi connectivity index (χ1n) is 14.8. The van der Waals surface area contributed by atoms with Crippen LogP contribution in [0.2, 0.25) is 0 Å². The van der Waals surface area contributed by atoms with Crippen molar-refractivity contribution < 1.29 is 9.84 Å². The predicted molar refractivity (Wildman–Crippen MR) is 161 cm³/mol. The quantitative estimate of drug-likeness (QED) is 0.464. The first-order chi connectivity index (χ1) is 19.4. The molecule has 7 rings (SSSR count). The van der Waals surface area contributed by atoms with E-state index in [-0.39, 0.29) is 17.1 Å². The molecule has 6 heterocycles. The molecular weight excluding hydrogens is 514 g/mol. The lowest BCUT2D eigenvalue weighted by molar-refractivity contribution is -0.0893. The Bertz CT molecular complexity index is 1470. The molecule has 2 bridgehead atoms. The maximum Gasteiger partial charge on any atom is 0.229 e. The highest BCUT2D eigenvalue weighted by molar-refractivity contribution is 5.71. The molecule has 0 unspecified atom stereocenters. The van der Waals surface area contributed by atoms with Crippen LogP contribution in [0.15, 0.2) is 48.7 Å². The number of benzene rings is 1. The molecular formula is C32H41N7O2. The Morgan fingerprint density at radius 1 is 1.02 bits per heavy atom. The van der Waals surface area contributed by atoms with E-state index in [2.05, 4.69) is 72.1 Å². The van der Waals surface area contributed by atoms with Crippen molar-refractivity contribution in [1.29, 1.82) is 0 Å². The van der Waals surface area contributed by atoms with Gasteiger partial charge in [0.05, 0.1) is 23.9 Å². The molecule has 4 aliphatic rings. The maximum absolute atomic E-state index is 10.7. The SMILES string of the molecule is CN1C[C@@H]2C[C@H]1CN2c1ccc(Nc2ncc3c(n2)N(c2cccc(C(C)(C)O)n2)[C@H]2CC(C)(C)OC[C@@]32C)cc1. The summed E-state index contributed by atoms with van der Waals surface area (Å²) in [6, 6.07) is 15.8. The molecule has 0 saturated carbocycles. The first-order valence-corrected chi connectivity index (χ1v) is 14.8. The topological polar surface area (TPSA) is 89.9 Å². The molecule has 9 nitrogen and oxygen atoms in total. The molecule has 0 radical (unpaired) electrons. The fourth-order valence-electron chi connectivity index (χ4n) is 7.21. The molecule has 1 aromatic carbocycles. The Morgan fingerprint density at radius 2 is 1.80 bits per heavy atom. The molecule has 3 saturated heterocycles. The van der Waals surface area contributed by atoms with Gasteiger partial charge in [-0.3, -0.25) is 4.90 Å². The number of hydrogen-bond donors (Lipinski definition) is 2. The van der Waals surface area contributed by atoms with Crippen LogP contribution in [0.4, 0.5) is 29.0 Å². The van der Waals surface area contributed by atoms with Crippen LogP contribution in [0.3, 0.4) is 0 Å². The molecule has 3 fully saturated rings. The maximum atomic E-state index is 10.7. The van der Waals surface area contributed by atoms with Crippen molar-refractivity contribution in [2.24, 2.45) is 0 Å². The average molecular weight is 556 g/mol. The number of fused-ring (bicyclic) bond motifs is 5. The van der Waals surface area contributed by atoms with E-state index < -0.39 is 5.60 Å². The Balaban J connectivity index is 1.21. The van der Waals surface area contributed by atoms with Gasteiger partial charge in [0.2, 0.25) is 5.95 Å². The molecule has 0 spiro atoms. The second-order valence-corrected chi connectivity index (χ2v) is 13.7. The van der Waals surface area contributed by atoms with Crippen molar-refractivity contribution in [2.75, 3.05) is 41.9 Å². The second-order valence-electron chi connectivity index (χ2n) is 13.7. The number of nitrogens with zero attached hydrogens (tertiary/aromatic N) is 6. The summed E-state index contributed by atoms with van der Waals surface area (Å²) in [5.74, 6) is 2.16. The minimum atomic E-state index is -1.05.